The molecule has 1 aliphatic rings. The molecule has 1 aliphatic heterocycles. The number of rotatable bonds is 4. The maximum Gasteiger partial charge on any atom is 0.335 e. The van der Waals surface area contributed by atoms with E-state index in [2.05, 4.69) is 0 Å². The Morgan fingerprint density at radius 1 is 1.33 bits per heavy atom. The van der Waals surface area contributed by atoms with Gasteiger partial charge in [0.15, 0.2) is 0 Å². The van der Waals surface area contributed by atoms with Crippen molar-refractivity contribution in [3.8, 4) is 0 Å². The number of hydrogen-bond acceptors (Lipinski definition) is 4. The summed E-state index contributed by atoms with van der Waals surface area (Å²) >= 11 is 0. The number of allylic oxidation sites excluding steroid dienone is 1. The maximum atomic E-state index is 12.5. The van der Waals surface area contributed by atoms with E-state index in [1.807, 2.05) is 0 Å². The van der Waals surface area contributed by atoms with Gasteiger partial charge in [0, 0.05) is 12.6 Å². The molecule has 1 aromatic rings. The van der Waals surface area contributed by atoms with Gasteiger partial charge >= 0.3 is 5.97 Å². The van der Waals surface area contributed by atoms with Crippen molar-refractivity contribution < 1.29 is 23.1 Å². The summed E-state index contributed by atoms with van der Waals surface area (Å²) in [6.45, 7) is 3.85. The first-order chi connectivity index (χ1) is 9.84. The number of ether oxygens (including phenoxy) is 1. The first-order valence-electron chi connectivity index (χ1n) is 6.57. The summed E-state index contributed by atoms with van der Waals surface area (Å²) in [6.07, 6.45) is 0.308. The van der Waals surface area contributed by atoms with Crippen LogP contribution in [0.15, 0.2) is 23.1 Å². The Bertz CT molecular complexity index is 721. The number of anilines is 1. The molecule has 0 amide bonds. The highest BCUT2D eigenvalue weighted by molar-refractivity contribution is 7.96. The highest BCUT2D eigenvalue weighted by Crippen LogP contribution is 2.40. The SMILES string of the molecule is CCOC1=C(CC)S(=O)(=O)N(C)c2cc(C(=O)O)ccc21. The summed E-state index contributed by atoms with van der Waals surface area (Å²) in [5.74, 6) is -0.795. The molecule has 0 aromatic heterocycles. The second-order valence-electron chi connectivity index (χ2n) is 4.55. The minimum atomic E-state index is -3.68. The lowest BCUT2D eigenvalue weighted by molar-refractivity contribution is 0.0697. The second-order valence-corrected chi connectivity index (χ2v) is 6.54. The van der Waals surface area contributed by atoms with Crippen molar-refractivity contribution in [3.63, 3.8) is 0 Å². The highest BCUT2D eigenvalue weighted by atomic mass is 32.2. The van der Waals surface area contributed by atoms with Crippen LogP contribution in [0.2, 0.25) is 0 Å². The topological polar surface area (TPSA) is 83.9 Å². The van der Waals surface area contributed by atoms with Crippen molar-refractivity contribution in [1.29, 1.82) is 0 Å². The van der Waals surface area contributed by atoms with Crippen LogP contribution in [0.3, 0.4) is 0 Å². The van der Waals surface area contributed by atoms with Crippen molar-refractivity contribution >= 4 is 27.4 Å². The number of aromatic carboxylic acids is 1. The van der Waals surface area contributed by atoms with Gasteiger partial charge in [-0.05, 0) is 31.5 Å². The first kappa shape index (κ1) is 15.4. The van der Waals surface area contributed by atoms with Gasteiger partial charge in [-0.1, -0.05) is 6.92 Å². The lowest BCUT2D eigenvalue weighted by Gasteiger charge is -2.30. The van der Waals surface area contributed by atoms with Gasteiger partial charge in [0.05, 0.1) is 17.9 Å². The van der Waals surface area contributed by atoms with E-state index in [1.165, 1.54) is 19.2 Å². The van der Waals surface area contributed by atoms with Crippen LogP contribution >= 0.6 is 0 Å². The molecule has 6 nitrogen and oxygen atoms in total. The summed E-state index contributed by atoms with van der Waals surface area (Å²) in [7, 11) is -2.27. The molecule has 1 N–H and O–H groups in total. The number of carbonyl (C=O) groups is 1. The minimum Gasteiger partial charge on any atom is -0.492 e. The first-order valence-corrected chi connectivity index (χ1v) is 8.01. The Morgan fingerprint density at radius 2 is 2.00 bits per heavy atom. The van der Waals surface area contributed by atoms with Gasteiger partial charge in [0.2, 0.25) is 0 Å². The van der Waals surface area contributed by atoms with Crippen LogP contribution in [0.5, 0.6) is 0 Å². The van der Waals surface area contributed by atoms with Gasteiger partial charge < -0.3 is 9.84 Å². The van der Waals surface area contributed by atoms with Crippen molar-refractivity contribution in [3.05, 3.63) is 34.2 Å². The molecule has 7 heteroatoms. The third kappa shape index (κ3) is 2.37. The van der Waals surface area contributed by atoms with E-state index >= 15 is 0 Å². The Balaban J connectivity index is 2.78. The molecule has 21 heavy (non-hydrogen) atoms. The number of benzene rings is 1. The molecule has 0 saturated heterocycles. The quantitative estimate of drug-likeness (QED) is 0.922. The fourth-order valence-corrected chi connectivity index (χ4v) is 3.83. The Kier molecular flexibility index (Phi) is 3.95. The predicted octanol–water partition coefficient (Wildman–Crippen LogP) is 2.28. The Hall–Kier alpha value is -2.02. The standard InChI is InChI=1S/C14H17NO5S/c1-4-12-13(20-5-2)10-7-6-9(14(16)17)8-11(10)15(3)21(12,18)19/h6-8H,4-5H2,1-3H3,(H,16,17). The van der Waals surface area contributed by atoms with Gasteiger partial charge in [-0.15, -0.1) is 0 Å². The van der Waals surface area contributed by atoms with Crippen LogP contribution < -0.4 is 4.31 Å². The van der Waals surface area contributed by atoms with Crippen molar-refractivity contribution in [2.24, 2.45) is 0 Å². The molecule has 0 atom stereocenters. The molecular formula is C14H17NO5S. The monoisotopic (exact) mass is 311 g/mol. The molecule has 0 aliphatic carbocycles. The van der Waals surface area contributed by atoms with Gasteiger partial charge in [-0.25, -0.2) is 13.2 Å². The van der Waals surface area contributed by atoms with Gasteiger partial charge in [0.1, 0.15) is 10.7 Å². The lowest BCUT2D eigenvalue weighted by atomic mass is 10.1. The molecular weight excluding hydrogens is 294 g/mol. The fraction of sp³-hybridized carbons (Fsp3) is 0.357. The third-order valence-electron chi connectivity index (χ3n) is 3.36. The zero-order valence-electron chi connectivity index (χ0n) is 12.1. The highest BCUT2D eigenvalue weighted by Gasteiger charge is 2.35. The average Bonchev–Trinajstić information content (AvgIpc) is 2.44. The normalized spacial score (nSPS) is 16.6. The summed E-state index contributed by atoms with van der Waals surface area (Å²) in [6, 6.07) is 4.38. The van der Waals surface area contributed by atoms with Crippen molar-refractivity contribution in [2.45, 2.75) is 20.3 Å². The van der Waals surface area contributed by atoms with E-state index in [4.69, 9.17) is 9.84 Å². The van der Waals surface area contributed by atoms with E-state index in [-0.39, 0.29) is 10.5 Å². The zero-order valence-corrected chi connectivity index (χ0v) is 12.9. The van der Waals surface area contributed by atoms with E-state index in [0.29, 0.717) is 30.0 Å². The molecule has 0 spiro atoms. The summed E-state index contributed by atoms with van der Waals surface area (Å²) in [5, 5.41) is 9.06. The number of carboxylic acid groups (broad SMARTS) is 1. The molecule has 1 aromatic carbocycles. The molecule has 0 radical (unpaired) electrons. The molecule has 0 saturated carbocycles. The van der Waals surface area contributed by atoms with E-state index in [1.54, 1.807) is 19.9 Å². The summed E-state index contributed by atoms with van der Waals surface area (Å²) in [5.41, 5.74) is 0.943. The average molecular weight is 311 g/mol. The van der Waals surface area contributed by atoms with Crippen LogP contribution in [-0.4, -0.2) is 33.1 Å². The number of carboxylic acids is 1. The Morgan fingerprint density at radius 3 is 2.52 bits per heavy atom. The third-order valence-corrected chi connectivity index (χ3v) is 5.38. The number of sulfonamides is 1. The van der Waals surface area contributed by atoms with E-state index in [0.717, 1.165) is 4.31 Å². The summed E-state index contributed by atoms with van der Waals surface area (Å²) in [4.78, 5) is 11.3. The van der Waals surface area contributed by atoms with Crippen LogP contribution in [0.25, 0.3) is 5.76 Å². The summed E-state index contributed by atoms with van der Waals surface area (Å²) < 4.78 is 31.7. The van der Waals surface area contributed by atoms with Gasteiger partial charge in [-0.3, -0.25) is 4.31 Å². The second kappa shape index (κ2) is 5.40. The van der Waals surface area contributed by atoms with E-state index in [9.17, 15) is 13.2 Å². The fourth-order valence-electron chi connectivity index (χ4n) is 2.32. The molecule has 0 fully saturated rings. The molecule has 2 rings (SSSR count). The zero-order chi connectivity index (χ0) is 15.8. The van der Waals surface area contributed by atoms with E-state index < -0.39 is 16.0 Å². The lowest BCUT2D eigenvalue weighted by Crippen LogP contribution is -2.32. The molecule has 0 bridgehead atoms. The maximum absolute atomic E-state index is 12.5. The van der Waals surface area contributed by atoms with Crippen LogP contribution in [0.4, 0.5) is 5.69 Å². The van der Waals surface area contributed by atoms with Crippen LogP contribution in [-0.2, 0) is 14.8 Å². The minimum absolute atomic E-state index is 0.0339. The smallest absolute Gasteiger partial charge is 0.335 e. The van der Waals surface area contributed by atoms with Crippen LogP contribution in [0, 0.1) is 0 Å². The van der Waals surface area contributed by atoms with Gasteiger partial charge in [-0.2, -0.15) is 0 Å². The van der Waals surface area contributed by atoms with Gasteiger partial charge in [0.25, 0.3) is 10.0 Å². The van der Waals surface area contributed by atoms with Crippen molar-refractivity contribution in [2.75, 3.05) is 18.0 Å². The molecule has 1 heterocycles. The largest absolute Gasteiger partial charge is 0.492 e. The molecule has 114 valence electrons. The Labute approximate surface area is 123 Å². The number of hydrogen-bond donors (Lipinski definition) is 1. The van der Waals surface area contributed by atoms with Crippen LogP contribution in [0.1, 0.15) is 36.2 Å². The number of fused-ring (bicyclic) bond motifs is 1. The predicted molar refractivity (Wildman–Crippen MR) is 79.6 cm³/mol. The molecule has 0 unspecified atom stereocenters. The van der Waals surface area contributed by atoms with Crippen molar-refractivity contribution in [1.82, 2.24) is 0 Å². The number of nitrogens with zero attached hydrogens (tertiary/aromatic N) is 1.